The van der Waals surface area contributed by atoms with Gasteiger partial charge in [0.1, 0.15) is 0 Å². The summed E-state index contributed by atoms with van der Waals surface area (Å²) in [7, 11) is 0. The lowest BCUT2D eigenvalue weighted by atomic mass is 9.78. The third-order valence-electron chi connectivity index (χ3n) is 3.02. The first-order chi connectivity index (χ1) is 5.99. The van der Waals surface area contributed by atoms with Gasteiger partial charge >= 0.3 is 0 Å². The molecule has 0 radical (unpaired) electrons. The van der Waals surface area contributed by atoms with E-state index in [-0.39, 0.29) is 5.41 Å². The highest BCUT2D eigenvalue weighted by molar-refractivity contribution is 5.09. The standard InChI is InChI=1S/C13H24/c1-7-12(11(4)5)10-13(6,8-2)9-3/h7-8,11H,2,9-10H2,1,3-6H3/b12-7+. The predicted octanol–water partition coefficient (Wildman–Crippen LogP) is 4.58. The average Bonchev–Trinajstić information content (AvgIpc) is 2.13. The molecule has 0 spiro atoms. The summed E-state index contributed by atoms with van der Waals surface area (Å²) >= 11 is 0. The maximum Gasteiger partial charge on any atom is -0.0115 e. The van der Waals surface area contributed by atoms with E-state index in [9.17, 15) is 0 Å². The van der Waals surface area contributed by atoms with Crippen molar-refractivity contribution in [2.24, 2.45) is 11.3 Å². The Morgan fingerprint density at radius 1 is 1.46 bits per heavy atom. The predicted molar refractivity (Wildman–Crippen MR) is 61.8 cm³/mol. The van der Waals surface area contributed by atoms with Crippen LogP contribution in [0.5, 0.6) is 0 Å². The topological polar surface area (TPSA) is 0 Å². The van der Waals surface area contributed by atoms with Crippen molar-refractivity contribution in [3.63, 3.8) is 0 Å². The zero-order valence-electron chi connectivity index (χ0n) is 9.85. The van der Waals surface area contributed by atoms with Gasteiger partial charge in [-0.25, -0.2) is 0 Å². The molecule has 0 heteroatoms. The van der Waals surface area contributed by atoms with Crippen molar-refractivity contribution in [3.05, 3.63) is 24.3 Å². The van der Waals surface area contributed by atoms with Crippen LogP contribution in [0.25, 0.3) is 0 Å². The lowest BCUT2D eigenvalue weighted by molar-refractivity contribution is 0.393. The van der Waals surface area contributed by atoms with Gasteiger partial charge in [0, 0.05) is 0 Å². The van der Waals surface area contributed by atoms with Gasteiger partial charge in [0.2, 0.25) is 0 Å². The maximum atomic E-state index is 3.92. The lowest BCUT2D eigenvalue weighted by Crippen LogP contribution is -2.14. The highest BCUT2D eigenvalue weighted by atomic mass is 14.2. The highest BCUT2D eigenvalue weighted by Crippen LogP contribution is 2.33. The molecule has 1 atom stereocenters. The van der Waals surface area contributed by atoms with E-state index >= 15 is 0 Å². The minimum Gasteiger partial charge on any atom is -0.103 e. The van der Waals surface area contributed by atoms with Crippen LogP contribution >= 0.6 is 0 Å². The highest BCUT2D eigenvalue weighted by Gasteiger charge is 2.20. The third kappa shape index (κ3) is 3.80. The van der Waals surface area contributed by atoms with Gasteiger partial charge in [0.25, 0.3) is 0 Å². The van der Waals surface area contributed by atoms with Crippen molar-refractivity contribution < 1.29 is 0 Å². The van der Waals surface area contributed by atoms with Crippen LogP contribution < -0.4 is 0 Å². The number of hydrogen-bond donors (Lipinski definition) is 0. The molecular weight excluding hydrogens is 156 g/mol. The third-order valence-corrected chi connectivity index (χ3v) is 3.02. The van der Waals surface area contributed by atoms with Gasteiger partial charge < -0.3 is 0 Å². The molecule has 0 heterocycles. The second-order valence-electron chi connectivity index (χ2n) is 4.41. The average molecular weight is 180 g/mol. The summed E-state index contributed by atoms with van der Waals surface area (Å²) in [6.45, 7) is 15.1. The molecule has 0 aliphatic heterocycles. The Labute approximate surface area is 83.7 Å². The molecule has 0 amide bonds. The van der Waals surface area contributed by atoms with Crippen LogP contribution in [0.1, 0.15) is 47.5 Å². The molecule has 0 N–H and O–H groups in total. The van der Waals surface area contributed by atoms with Gasteiger partial charge in [-0.2, -0.15) is 0 Å². The van der Waals surface area contributed by atoms with Crippen molar-refractivity contribution in [1.29, 1.82) is 0 Å². The smallest absolute Gasteiger partial charge is 0.0115 e. The first-order valence-corrected chi connectivity index (χ1v) is 5.27. The summed E-state index contributed by atoms with van der Waals surface area (Å²) in [6.07, 6.45) is 6.67. The Kier molecular flexibility index (Phi) is 5.05. The molecule has 0 bridgehead atoms. The van der Waals surface area contributed by atoms with Crippen LogP contribution in [0.15, 0.2) is 24.3 Å². The summed E-state index contributed by atoms with van der Waals surface area (Å²) in [6, 6.07) is 0. The van der Waals surface area contributed by atoms with Gasteiger partial charge in [0.05, 0.1) is 0 Å². The van der Waals surface area contributed by atoms with Crippen LogP contribution in [0.3, 0.4) is 0 Å². The van der Waals surface area contributed by atoms with E-state index in [1.165, 1.54) is 6.42 Å². The fourth-order valence-corrected chi connectivity index (χ4v) is 1.45. The van der Waals surface area contributed by atoms with Gasteiger partial charge in [0.15, 0.2) is 0 Å². The fraction of sp³-hybridized carbons (Fsp3) is 0.692. The monoisotopic (exact) mass is 180 g/mol. The van der Waals surface area contributed by atoms with E-state index in [1.807, 2.05) is 0 Å². The molecule has 1 unspecified atom stereocenters. The molecule has 0 saturated heterocycles. The molecule has 0 aliphatic carbocycles. The molecule has 76 valence electrons. The van der Waals surface area contributed by atoms with Gasteiger partial charge in [-0.05, 0) is 31.1 Å². The summed E-state index contributed by atoms with van der Waals surface area (Å²) in [5.74, 6) is 0.663. The molecular formula is C13H24. The molecule has 13 heavy (non-hydrogen) atoms. The summed E-state index contributed by atoms with van der Waals surface area (Å²) < 4.78 is 0. The summed E-state index contributed by atoms with van der Waals surface area (Å²) in [5, 5.41) is 0. The van der Waals surface area contributed by atoms with Crippen molar-refractivity contribution in [1.82, 2.24) is 0 Å². The van der Waals surface area contributed by atoms with E-state index in [4.69, 9.17) is 0 Å². The normalized spacial score (nSPS) is 17.2. The van der Waals surface area contributed by atoms with Crippen LogP contribution in [0.2, 0.25) is 0 Å². The van der Waals surface area contributed by atoms with Crippen molar-refractivity contribution in [2.75, 3.05) is 0 Å². The first-order valence-electron chi connectivity index (χ1n) is 5.27. The first kappa shape index (κ1) is 12.5. The number of rotatable bonds is 5. The van der Waals surface area contributed by atoms with Gasteiger partial charge in [-0.15, -0.1) is 6.58 Å². The van der Waals surface area contributed by atoms with E-state index in [2.05, 4.69) is 53.3 Å². The fourth-order valence-electron chi connectivity index (χ4n) is 1.45. The quantitative estimate of drug-likeness (QED) is 0.543. The molecule has 0 aromatic carbocycles. The largest absolute Gasteiger partial charge is 0.103 e. The SMILES string of the molecule is C=CC(C)(CC)C/C(=C\C)C(C)C. The Morgan fingerprint density at radius 2 is 2.00 bits per heavy atom. The van der Waals surface area contributed by atoms with Crippen molar-refractivity contribution in [3.8, 4) is 0 Å². The van der Waals surface area contributed by atoms with E-state index < -0.39 is 0 Å². The van der Waals surface area contributed by atoms with Crippen molar-refractivity contribution >= 4 is 0 Å². The Hall–Kier alpha value is -0.520. The Morgan fingerprint density at radius 3 is 2.23 bits per heavy atom. The second-order valence-corrected chi connectivity index (χ2v) is 4.41. The van der Waals surface area contributed by atoms with E-state index in [1.54, 1.807) is 5.57 Å². The maximum absolute atomic E-state index is 3.92. The zero-order chi connectivity index (χ0) is 10.5. The van der Waals surface area contributed by atoms with Gasteiger partial charge in [-0.1, -0.05) is 45.4 Å². The molecule has 0 saturated carbocycles. The molecule has 0 nitrogen and oxygen atoms in total. The van der Waals surface area contributed by atoms with Crippen LogP contribution in [-0.4, -0.2) is 0 Å². The van der Waals surface area contributed by atoms with E-state index in [0.717, 1.165) is 6.42 Å². The number of hydrogen-bond acceptors (Lipinski definition) is 0. The molecule has 0 aromatic rings. The second kappa shape index (κ2) is 5.26. The Bertz CT molecular complexity index is 186. The van der Waals surface area contributed by atoms with Crippen LogP contribution in [-0.2, 0) is 0 Å². The van der Waals surface area contributed by atoms with E-state index in [0.29, 0.717) is 5.92 Å². The molecule has 0 aromatic heterocycles. The molecule has 0 fully saturated rings. The number of allylic oxidation sites excluding steroid dienone is 3. The van der Waals surface area contributed by atoms with Crippen molar-refractivity contribution in [2.45, 2.75) is 47.5 Å². The molecule has 0 rings (SSSR count). The summed E-state index contributed by atoms with van der Waals surface area (Å²) in [5.41, 5.74) is 1.83. The minimum absolute atomic E-state index is 0.284. The molecule has 0 aliphatic rings. The Balaban J connectivity index is 4.47. The van der Waals surface area contributed by atoms with Gasteiger partial charge in [-0.3, -0.25) is 0 Å². The zero-order valence-corrected chi connectivity index (χ0v) is 9.85. The summed E-state index contributed by atoms with van der Waals surface area (Å²) in [4.78, 5) is 0. The minimum atomic E-state index is 0.284. The van der Waals surface area contributed by atoms with Crippen LogP contribution in [0.4, 0.5) is 0 Å². The van der Waals surface area contributed by atoms with Crippen LogP contribution in [0, 0.1) is 11.3 Å². The lowest BCUT2D eigenvalue weighted by Gasteiger charge is -2.27.